The number of alkyl halides is 3. The molecule has 13 heteroatoms. The summed E-state index contributed by atoms with van der Waals surface area (Å²) in [6.07, 6.45) is -5.44. The van der Waals surface area contributed by atoms with Crippen molar-refractivity contribution in [3.8, 4) is 11.5 Å². The summed E-state index contributed by atoms with van der Waals surface area (Å²) in [5, 5.41) is 1.35. The van der Waals surface area contributed by atoms with Crippen LogP contribution in [-0.4, -0.2) is 42.1 Å². The lowest BCUT2D eigenvalue weighted by atomic mass is 10.1. The van der Waals surface area contributed by atoms with Gasteiger partial charge in [-0.25, -0.2) is 4.79 Å². The predicted octanol–water partition coefficient (Wildman–Crippen LogP) is 5.85. The van der Waals surface area contributed by atoms with Crippen molar-refractivity contribution in [2.45, 2.75) is 24.1 Å². The number of nitrogens with one attached hydrogen (secondary N) is 1. The van der Waals surface area contributed by atoms with E-state index in [9.17, 15) is 27.6 Å². The molecule has 1 heterocycles. The van der Waals surface area contributed by atoms with Gasteiger partial charge in [0.25, 0.3) is 5.24 Å². The van der Waals surface area contributed by atoms with Crippen molar-refractivity contribution >= 4 is 41.3 Å². The second-order valence-corrected chi connectivity index (χ2v) is 9.41. The lowest BCUT2D eigenvalue weighted by molar-refractivity contribution is -0.274. The summed E-state index contributed by atoms with van der Waals surface area (Å²) in [6.45, 7) is -0.613. The normalized spacial score (nSPS) is 15.5. The van der Waals surface area contributed by atoms with Crippen molar-refractivity contribution in [2.24, 2.45) is 0 Å². The van der Waals surface area contributed by atoms with Crippen LogP contribution in [0, 0.1) is 0 Å². The number of thioether (sulfide) groups is 1. The molecule has 0 aromatic heterocycles. The monoisotopic (exact) mass is 597 g/mol. The predicted molar refractivity (Wildman–Crippen MR) is 141 cm³/mol. The number of hydrogen-bond donors (Lipinski definition) is 1. The van der Waals surface area contributed by atoms with E-state index in [4.69, 9.17) is 14.2 Å². The lowest BCUT2D eigenvalue weighted by Gasteiger charge is -2.20. The first-order valence-corrected chi connectivity index (χ1v) is 12.5. The molecule has 0 saturated carbocycles. The quantitative estimate of drug-likeness (QED) is 0.217. The molecule has 4 rings (SSSR count). The fraction of sp³-hybridized carbons (Fsp3) is 0.222. The molecule has 2 unspecified atom stereocenters. The molecule has 1 aliphatic rings. The second kappa shape index (κ2) is 14.1. The van der Waals surface area contributed by atoms with Gasteiger partial charge in [-0.05, 0) is 53.9 Å². The molecule has 1 fully saturated rings. The third-order valence-electron chi connectivity index (χ3n) is 5.45. The number of esters is 1. The molecule has 2 atom stereocenters. The highest BCUT2D eigenvalue weighted by molar-refractivity contribution is 8.15. The topological polar surface area (TPSA) is 100 Å². The van der Waals surface area contributed by atoms with Gasteiger partial charge in [-0.15, -0.1) is 25.6 Å². The highest BCUT2D eigenvalue weighted by atomic mass is 35.5. The molecule has 0 spiro atoms. The van der Waals surface area contributed by atoms with E-state index in [0.29, 0.717) is 23.3 Å². The third-order valence-corrected chi connectivity index (χ3v) is 6.43. The Morgan fingerprint density at radius 3 is 2.33 bits per heavy atom. The van der Waals surface area contributed by atoms with Crippen LogP contribution in [0.3, 0.4) is 0 Å². The first kappa shape index (κ1) is 30.8. The fourth-order valence-corrected chi connectivity index (χ4v) is 4.47. The Balaban J connectivity index is 0.00000441. The number of amides is 2. The molecule has 0 bridgehead atoms. The van der Waals surface area contributed by atoms with Crippen LogP contribution in [0.2, 0.25) is 0 Å². The molecular weight excluding hydrogens is 575 g/mol. The minimum Gasteiger partial charge on any atom is -0.491 e. The minimum absolute atomic E-state index is 0. The molecule has 40 heavy (non-hydrogen) atoms. The van der Waals surface area contributed by atoms with Crippen molar-refractivity contribution in [2.75, 3.05) is 13.4 Å². The van der Waals surface area contributed by atoms with E-state index in [-0.39, 0.29) is 30.2 Å². The number of rotatable bonds is 11. The zero-order valence-corrected chi connectivity index (χ0v) is 22.2. The van der Waals surface area contributed by atoms with E-state index in [2.05, 4.69) is 10.1 Å². The van der Waals surface area contributed by atoms with E-state index < -0.39 is 36.2 Å². The molecule has 3 aromatic carbocycles. The maximum absolute atomic E-state index is 12.7. The standard InChI is InChI=1S/C27H22F3NO7S.ClH/c28-27(29,30)38-21-8-4-7-19(14-21)22(36-16-37-25(33)18-5-2-1-3-6-18)15-35-20-11-9-17(10-12-20)13-23-24(32)31-26(34)39-23;/h1-12,14,22-23H,13,15-16H2,(H,31,32,34);1H. The van der Waals surface area contributed by atoms with Gasteiger partial charge in [0.1, 0.15) is 24.2 Å². The fourth-order valence-electron chi connectivity index (χ4n) is 3.62. The lowest BCUT2D eigenvalue weighted by Crippen LogP contribution is -2.25. The van der Waals surface area contributed by atoms with Crippen molar-refractivity contribution in [1.82, 2.24) is 5.32 Å². The van der Waals surface area contributed by atoms with Gasteiger partial charge < -0.3 is 18.9 Å². The van der Waals surface area contributed by atoms with Crippen molar-refractivity contribution in [1.29, 1.82) is 0 Å². The number of hydrogen-bond acceptors (Lipinski definition) is 8. The number of benzene rings is 3. The maximum atomic E-state index is 12.7. The average Bonchev–Trinajstić information content (AvgIpc) is 3.22. The summed E-state index contributed by atoms with van der Waals surface area (Å²) >= 11 is 0.933. The summed E-state index contributed by atoms with van der Waals surface area (Å²) in [5.41, 5.74) is 1.42. The Labute approximate surface area is 237 Å². The minimum atomic E-state index is -4.87. The van der Waals surface area contributed by atoms with E-state index in [0.717, 1.165) is 29.5 Å². The van der Waals surface area contributed by atoms with E-state index in [1.54, 1.807) is 54.6 Å². The van der Waals surface area contributed by atoms with Crippen molar-refractivity contribution < 1.29 is 46.5 Å². The number of carbonyl (C=O) groups excluding carboxylic acids is 3. The highest BCUT2D eigenvalue weighted by Gasteiger charge is 2.32. The highest BCUT2D eigenvalue weighted by Crippen LogP contribution is 2.28. The van der Waals surface area contributed by atoms with Crippen LogP contribution in [0.15, 0.2) is 78.9 Å². The van der Waals surface area contributed by atoms with Gasteiger partial charge >= 0.3 is 12.3 Å². The first-order valence-electron chi connectivity index (χ1n) is 11.6. The summed E-state index contributed by atoms with van der Waals surface area (Å²) in [4.78, 5) is 35.4. The van der Waals surface area contributed by atoms with Gasteiger partial charge in [-0.3, -0.25) is 14.9 Å². The first-order chi connectivity index (χ1) is 18.7. The molecule has 2 amide bonds. The van der Waals surface area contributed by atoms with Gasteiger partial charge in [0, 0.05) is 0 Å². The molecule has 212 valence electrons. The van der Waals surface area contributed by atoms with Crippen LogP contribution < -0.4 is 14.8 Å². The van der Waals surface area contributed by atoms with Crippen LogP contribution in [0.4, 0.5) is 18.0 Å². The Morgan fingerprint density at radius 1 is 0.950 bits per heavy atom. The SMILES string of the molecule is Cl.O=C1NC(=O)C(Cc2ccc(OCC(OCOC(=O)c3ccccc3)c3cccc(OC(F)(F)F)c3)cc2)S1. The van der Waals surface area contributed by atoms with Crippen LogP contribution >= 0.6 is 24.2 Å². The Hall–Kier alpha value is -3.74. The van der Waals surface area contributed by atoms with Gasteiger partial charge in [-0.1, -0.05) is 54.2 Å². The molecule has 3 aromatic rings. The molecule has 0 aliphatic carbocycles. The molecule has 8 nitrogen and oxygen atoms in total. The maximum Gasteiger partial charge on any atom is 0.573 e. The number of halogens is 4. The molecule has 1 aliphatic heterocycles. The number of ether oxygens (including phenoxy) is 4. The summed E-state index contributed by atoms with van der Waals surface area (Å²) in [5.74, 6) is -0.978. The van der Waals surface area contributed by atoms with Gasteiger partial charge in [0.2, 0.25) is 5.91 Å². The largest absolute Gasteiger partial charge is 0.573 e. The van der Waals surface area contributed by atoms with E-state index in [1.807, 2.05) is 0 Å². The van der Waals surface area contributed by atoms with Crippen LogP contribution in [0.5, 0.6) is 11.5 Å². The number of carbonyl (C=O) groups is 3. The zero-order valence-electron chi connectivity index (χ0n) is 20.6. The Kier molecular flexibility index (Phi) is 10.8. The Morgan fingerprint density at radius 2 is 1.68 bits per heavy atom. The van der Waals surface area contributed by atoms with E-state index >= 15 is 0 Å². The van der Waals surface area contributed by atoms with Crippen LogP contribution in [0.1, 0.15) is 27.6 Å². The van der Waals surface area contributed by atoms with Gasteiger partial charge in [0.05, 0.1) is 10.8 Å². The summed E-state index contributed by atoms with van der Waals surface area (Å²) < 4.78 is 58.8. The van der Waals surface area contributed by atoms with Crippen molar-refractivity contribution in [3.63, 3.8) is 0 Å². The van der Waals surface area contributed by atoms with E-state index in [1.165, 1.54) is 12.1 Å². The average molecular weight is 598 g/mol. The molecule has 0 radical (unpaired) electrons. The zero-order chi connectivity index (χ0) is 27.8. The summed E-state index contributed by atoms with van der Waals surface area (Å²) in [6, 6.07) is 20.2. The van der Waals surface area contributed by atoms with Crippen LogP contribution in [0.25, 0.3) is 0 Å². The molecular formula is C27H23ClF3NO7S. The Bertz CT molecular complexity index is 1310. The van der Waals surface area contributed by atoms with Gasteiger partial charge in [0.15, 0.2) is 6.79 Å². The van der Waals surface area contributed by atoms with Crippen molar-refractivity contribution in [3.05, 3.63) is 95.6 Å². The van der Waals surface area contributed by atoms with Crippen LogP contribution in [-0.2, 0) is 20.7 Å². The third kappa shape index (κ3) is 9.18. The van der Waals surface area contributed by atoms with Gasteiger partial charge in [-0.2, -0.15) is 0 Å². The second-order valence-electron chi connectivity index (χ2n) is 8.23. The molecule has 1 saturated heterocycles. The smallest absolute Gasteiger partial charge is 0.491 e. The molecule has 1 N–H and O–H groups in total. The summed E-state index contributed by atoms with van der Waals surface area (Å²) in [7, 11) is 0. The number of imide groups is 1.